The van der Waals surface area contributed by atoms with E-state index in [1.165, 1.54) is 12.8 Å². The number of nitrogens with zero attached hydrogens (tertiary/aromatic N) is 2. The van der Waals surface area contributed by atoms with Crippen molar-refractivity contribution in [2.45, 2.75) is 51.5 Å². The van der Waals surface area contributed by atoms with Crippen LogP contribution in [0, 0.1) is 6.92 Å². The summed E-state index contributed by atoms with van der Waals surface area (Å²) in [7, 11) is 0. The van der Waals surface area contributed by atoms with Crippen molar-refractivity contribution in [3.8, 4) is 0 Å². The molecule has 0 aliphatic heterocycles. The number of benzene rings is 1. The molecular formula is C23H26N4O2. The van der Waals surface area contributed by atoms with E-state index in [0.717, 1.165) is 36.9 Å². The van der Waals surface area contributed by atoms with Crippen LogP contribution in [-0.2, 0) is 0 Å². The molecule has 0 atom stereocenters. The Morgan fingerprint density at radius 2 is 1.69 bits per heavy atom. The van der Waals surface area contributed by atoms with Crippen LogP contribution in [0.2, 0.25) is 0 Å². The summed E-state index contributed by atoms with van der Waals surface area (Å²) >= 11 is 0. The second-order valence-electron chi connectivity index (χ2n) is 7.67. The van der Waals surface area contributed by atoms with Gasteiger partial charge in [-0.2, -0.15) is 0 Å². The van der Waals surface area contributed by atoms with E-state index in [4.69, 9.17) is 0 Å². The normalized spacial score (nSPS) is 15.1. The van der Waals surface area contributed by atoms with E-state index >= 15 is 0 Å². The zero-order valence-corrected chi connectivity index (χ0v) is 16.6. The third-order valence-corrected chi connectivity index (χ3v) is 5.55. The molecule has 0 radical (unpaired) electrons. The molecule has 1 saturated carbocycles. The summed E-state index contributed by atoms with van der Waals surface area (Å²) < 4.78 is 1.68. The highest BCUT2D eigenvalue weighted by Gasteiger charge is 2.24. The Kier molecular flexibility index (Phi) is 5.60. The number of nitrogens with one attached hydrogen (secondary N) is 2. The van der Waals surface area contributed by atoms with Crippen LogP contribution in [0.5, 0.6) is 0 Å². The van der Waals surface area contributed by atoms with Crippen molar-refractivity contribution < 1.29 is 9.59 Å². The Morgan fingerprint density at radius 3 is 2.45 bits per heavy atom. The molecule has 4 rings (SSSR count). The van der Waals surface area contributed by atoms with Crippen molar-refractivity contribution in [3.63, 3.8) is 0 Å². The Balaban J connectivity index is 1.61. The van der Waals surface area contributed by atoms with Gasteiger partial charge in [0.05, 0.1) is 5.52 Å². The van der Waals surface area contributed by atoms with Gasteiger partial charge < -0.3 is 10.6 Å². The van der Waals surface area contributed by atoms with Gasteiger partial charge in [0.2, 0.25) is 5.82 Å². The fraction of sp³-hybridized carbons (Fsp3) is 0.348. The summed E-state index contributed by atoms with van der Waals surface area (Å²) in [6.45, 7) is 1.94. The van der Waals surface area contributed by atoms with Crippen molar-refractivity contribution in [2.75, 3.05) is 5.32 Å². The third-order valence-electron chi connectivity index (χ3n) is 5.55. The summed E-state index contributed by atoms with van der Waals surface area (Å²) in [6.07, 6.45) is 8.48. The lowest BCUT2D eigenvalue weighted by Gasteiger charge is -2.15. The molecule has 0 saturated heterocycles. The number of anilines is 1. The van der Waals surface area contributed by atoms with Crippen molar-refractivity contribution in [2.24, 2.45) is 0 Å². The average molecular weight is 390 g/mol. The lowest BCUT2D eigenvalue weighted by atomic mass is 10.1. The number of carbonyl (C=O) groups is 2. The van der Waals surface area contributed by atoms with Gasteiger partial charge in [-0.3, -0.25) is 14.0 Å². The molecule has 1 fully saturated rings. The van der Waals surface area contributed by atoms with Gasteiger partial charge in [-0.05, 0) is 43.5 Å². The lowest BCUT2D eigenvalue weighted by Crippen LogP contribution is -2.34. The molecule has 1 aliphatic rings. The van der Waals surface area contributed by atoms with Crippen molar-refractivity contribution >= 4 is 23.0 Å². The van der Waals surface area contributed by atoms with Gasteiger partial charge in [0.1, 0.15) is 0 Å². The summed E-state index contributed by atoms with van der Waals surface area (Å²) in [6, 6.07) is 13.3. The molecule has 6 nitrogen and oxygen atoms in total. The van der Waals surface area contributed by atoms with Gasteiger partial charge in [-0.15, -0.1) is 0 Å². The Morgan fingerprint density at radius 1 is 0.966 bits per heavy atom. The first kappa shape index (κ1) is 19.2. The van der Waals surface area contributed by atoms with E-state index < -0.39 is 0 Å². The summed E-state index contributed by atoms with van der Waals surface area (Å²) in [5.74, 6) is -0.348. The van der Waals surface area contributed by atoms with Gasteiger partial charge in [0.15, 0.2) is 5.69 Å². The maximum atomic E-state index is 13.0. The van der Waals surface area contributed by atoms with Gasteiger partial charge in [0.25, 0.3) is 11.8 Å². The van der Waals surface area contributed by atoms with E-state index in [0.29, 0.717) is 11.2 Å². The quantitative estimate of drug-likeness (QED) is 0.651. The summed E-state index contributed by atoms with van der Waals surface area (Å²) in [4.78, 5) is 30.3. The largest absolute Gasteiger partial charge is 0.348 e. The minimum absolute atomic E-state index is 0.176. The zero-order valence-electron chi connectivity index (χ0n) is 16.6. The number of hydrogen-bond acceptors (Lipinski definition) is 3. The predicted molar refractivity (Wildman–Crippen MR) is 113 cm³/mol. The number of hydrogen-bond donors (Lipinski definition) is 2. The highest BCUT2D eigenvalue weighted by atomic mass is 16.2. The van der Waals surface area contributed by atoms with Crippen LogP contribution in [0.3, 0.4) is 0 Å². The first-order valence-electron chi connectivity index (χ1n) is 10.3. The first-order valence-corrected chi connectivity index (χ1v) is 10.3. The number of rotatable bonds is 4. The predicted octanol–water partition coefficient (Wildman–Crippen LogP) is 4.35. The molecule has 3 aromatic rings. The highest BCUT2D eigenvalue weighted by molar-refractivity contribution is 6.06. The number of para-hydroxylation sites is 1. The van der Waals surface area contributed by atoms with E-state index in [-0.39, 0.29) is 23.7 Å². The van der Waals surface area contributed by atoms with Gasteiger partial charge in [-0.25, -0.2) is 4.98 Å². The first-order chi connectivity index (χ1) is 14.1. The highest BCUT2D eigenvalue weighted by Crippen LogP contribution is 2.20. The van der Waals surface area contributed by atoms with E-state index in [2.05, 4.69) is 15.6 Å². The van der Waals surface area contributed by atoms with Crippen LogP contribution >= 0.6 is 0 Å². The number of fused-ring (bicyclic) bond motifs is 1. The summed E-state index contributed by atoms with van der Waals surface area (Å²) in [5, 5.41) is 6.04. The van der Waals surface area contributed by atoms with E-state index in [1.54, 1.807) is 10.6 Å². The lowest BCUT2D eigenvalue weighted by molar-refractivity contribution is 0.0930. The maximum absolute atomic E-state index is 13.0. The second kappa shape index (κ2) is 8.47. The Hall–Kier alpha value is -3.15. The molecule has 0 bridgehead atoms. The number of aromatic nitrogens is 2. The fourth-order valence-electron chi connectivity index (χ4n) is 3.93. The molecule has 2 N–H and O–H groups in total. The molecule has 1 aromatic carbocycles. The summed E-state index contributed by atoms with van der Waals surface area (Å²) in [5.41, 5.74) is 2.63. The fourth-order valence-corrected chi connectivity index (χ4v) is 3.93. The van der Waals surface area contributed by atoms with E-state index in [1.807, 2.05) is 49.4 Å². The number of amides is 2. The minimum Gasteiger partial charge on any atom is -0.348 e. The maximum Gasteiger partial charge on any atom is 0.292 e. The van der Waals surface area contributed by atoms with Crippen molar-refractivity contribution in [1.82, 2.24) is 14.7 Å². The van der Waals surface area contributed by atoms with Crippen LogP contribution in [0.25, 0.3) is 5.52 Å². The number of carbonyl (C=O) groups excluding carboxylic acids is 2. The topological polar surface area (TPSA) is 75.5 Å². The van der Waals surface area contributed by atoms with Gasteiger partial charge in [-0.1, -0.05) is 49.9 Å². The molecule has 2 aromatic heterocycles. The molecule has 6 heteroatoms. The third kappa shape index (κ3) is 4.16. The molecule has 29 heavy (non-hydrogen) atoms. The van der Waals surface area contributed by atoms with Gasteiger partial charge >= 0.3 is 0 Å². The van der Waals surface area contributed by atoms with Gasteiger partial charge in [0, 0.05) is 17.9 Å². The second-order valence-corrected chi connectivity index (χ2v) is 7.67. The van der Waals surface area contributed by atoms with Crippen LogP contribution in [0.15, 0.2) is 48.7 Å². The molecule has 150 valence electrons. The minimum atomic E-state index is -0.339. The van der Waals surface area contributed by atoms with Crippen molar-refractivity contribution in [3.05, 3.63) is 65.7 Å². The zero-order chi connectivity index (χ0) is 20.2. The van der Waals surface area contributed by atoms with Crippen LogP contribution in [0.4, 0.5) is 5.69 Å². The molecule has 1 aliphatic carbocycles. The number of pyridine rings is 1. The van der Waals surface area contributed by atoms with Crippen LogP contribution in [0.1, 0.15) is 65.2 Å². The standard InChI is InChI=1S/C23H26N4O2/c1-16-10-6-7-13-18(16)25-23(29)21-26-20(19-14-8-9-15-27(19)21)22(28)24-17-11-4-2-3-5-12-17/h6-10,13-15,17H,2-5,11-12H2,1H3,(H,24,28)(H,25,29). The molecule has 0 unspecified atom stereocenters. The van der Waals surface area contributed by atoms with Crippen LogP contribution in [-0.4, -0.2) is 27.2 Å². The SMILES string of the molecule is Cc1ccccc1NC(=O)c1nc(C(=O)NC2CCCCCC2)c2ccccn12. The molecular weight excluding hydrogens is 364 g/mol. The monoisotopic (exact) mass is 390 g/mol. The molecule has 2 amide bonds. The van der Waals surface area contributed by atoms with Crippen LogP contribution < -0.4 is 10.6 Å². The molecule has 2 heterocycles. The Labute approximate surface area is 170 Å². The van der Waals surface area contributed by atoms with E-state index in [9.17, 15) is 9.59 Å². The molecule has 0 spiro atoms. The Bertz CT molecular complexity index is 1030. The number of imidazole rings is 1. The van der Waals surface area contributed by atoms with Crippen molar-refractivity contribution in [1.29, 1.82) is 0 Å². The smallest absolute Gasteiger partial charge is 0.292 e. The number of aryl methyl sites for hydroxylation is 1. The average Bonchev–Trinajstić information content (AvgIpc) is 2.93.